The summed E-state index contributed by atoms with van der Waals surface area (Å²) in [5.74, 6) is 0.636. The Bertz CT molecular complexity index is 664. The highest BCUT2D eigenvalue weighted by Gasteiger charge is 2.39. The summed E-state index contributed by atoms with van der Waals surface area (Å²) in [7, 11) is 0. The van der Waals surface area contributed by atoms with Crippen LogP contribution in [-0.2, 0) is 9.59 Å². The zero-order chi connectivity index (χ0) is 18.0. The molecule has 25 heavy (non-hydrogen) atoms. The molecule has 0 spiro atoms. The van der Waals surface area contributed by atoms with Gasteiger partial charge in [0.05, 0.1) is 4.75 Å². The largest absolute Gasteiger partial charge is 0.370 e. The topological polar surface area (TPSA) is 65.5 Å². The molecule has 0 aromatic carbocycles. The fourth-order valence-electron chi connectivity index (χ4n) is 3.21. The molecule has 7 heteroatoms. The highest BCUT2D eigenvalue weighted by Crippen LogP contribution is 2.29. The summed E-state index contributed by atoms with van der Waals surface area (Å²) in [6.45, 7) is 8.92. The van der Waals surface area contributed by atoms with Gasteiger partial charge >= 0.3 is 0 Å². The third-order valence-electron chi connectivity index (χ3n) is 4.81. The van der Waals surface area contributed by atoms with Crippen molar-refractivity contribution in [2.45, 2.75) is 38.0 Å². The zero-order valence-corrected chi connectivity index (χ0v) is 15.9. The van der Waals surface area contributed by atoms with E-state index in [9.17, 15) is 9.59 Å². The van der Waals surface area contributed by atoms with Gasteiger partial charge in [0, 0.05) is 49.5 Å². The van der Waals surface area contributed by atoms with Gasteiger partial charge in [0.25, 0.3) is 0 Å². The Kier molecular flexibility index (Phi) is 5.22. The number of aryl methyl sites for hydroxylation is 1. The number of nitrogens with zero attached hydrogens (tertiary/aromatic N) is 3. The maximum Gasteiger partial charge on any atom is 0.246 e. The Morgan fingerprint density at radius 3 is 2.84 bits per heavy atom. The second kappa shape index (κ2) is 7.23. The third-order valence-corrected chi connectivity index (χ3v) is 6.22. The molecule has 2 fully saturated rings. The van der Waals surface area contributed by atoms with Crippen molar-refractivity contribution in [3.8, 4) is 0 Å². The van der Waals surface area contributed by atoms with Crippen LogP contribution in [0.1, 0.15) is 26.0 Å². The van der Waals surface area contributed by atoms with Crippen LogP contribution in [0.3, 0.4) is 0 Å². The molecule has 1 aromatic heterocycles. The number of nitrogens with one attached hydrogen (secondary N) is 1. The van der Waals surface area contributed by atoms with E-state index < -0.39 is 10.8 Å². The van der Waals surface area contributed by atoms with Crippen LogP contribution < -0.4 is 10.2 Å². The standard InChI is InChI=1S/C18H26N4O2S/c1-13-11-14(5-6-19-13)21-7-4-8-22(10-9-21)16(23)15-12-25-18(2,3)17(24)20-15/h5-6,11,15H,4,7-10,12H2,1-3H3,(H,20,24)/t15-/m1/s1. The molecule has 1 aromatic rings. The number of amides is 2. The summed E-state index contributed by atoms with van der Waals surface area (Å²) in [5.41, 5.74) is 2.16. The van der Waals surface area contributed by atoms with Gasteiger partial charge in [-0.15, -0.1) is 11.8 Å². The van der Waals surface area contributed by atoms with E-state index >= 15 is 0 Å². The Morgan fingerprint density at radius 1 is 1.32 bits per heavy atom. The molecule has 3 rings (SSSR count). The van der Waals surface area contributed by atoms with E-state index in [-0.39, 0.29) is 11.8 Å². The van der Waals surface area contributed by atoms with Gasteiger partial charge in [0.2, 0.25) is 11.8 Å². The molecule has 2 aliphatic rings. The van der Waals surface area contributed by atoms with Gasteiger partial charge in [-0.3, -0.25) is 14.6 Å². The highest BCUT2D eigenvalue weighted by molar-refractivity contribution is 8.01. The van der Waals surface area contributed by atoms with Crippen molar-refractivity contribution < 1.29 is 9.59 Å². The maximum atomic E-state index is 12.8. The molecule has 1 atom stereocenters. The summed E-state index contributed by atoms with van der Waals surface area (Å²) in [6.07, 6.45) is 2.75. The predicted molar refractivity (Wildman–Crippen MR) is 101 cm³/mol. The summed E-state index contributed by atoms with van der Waals surface area (Å²) >= 11 is 1.56. The lowest BCUT2D eigenvalue weighted by molar-refractivity contribution is -0.136. The zero-order valence-electron chi connectivity index (χ0n) is 15.1. The highest BCUT2D eigenvalue weighted by atomic mass is 32.2. The minimum atomic E-state index is -0.453. The molecule has 6 nitrogen and oxygen atoms in total. The van der Waals surface area contributed by atoms with Crippen LogP contribution >= 0.6 is 11.8 Å². The molecule has 0 radical (unpaired) electrons. The summed E-state index contributed by atoms with van der Waals surface area (Å²) in [4.78, 5) is 33.4. The number of hydrogen-bond donors (Lipinski definition) is 1. The predicted octanol–water partition coefficient (Wildman–Crippen LogP) is 1.44. The molecule has 136 valence electrons. The number of pyridine rings is 1. The molecular formula is C18H26N4O2S. The fourth-order valence-corrected chi connectivity index (χ4v) is 4.21. The van der Waals surface area contributed by atoms with Gasteiger partial charge in [0.15, 0.2) is 0 Å². The molecule has 0 aliphatic carbocycles. The van der Waals surface area contributed by atoms with Gasteiger partial charge < -0.3 is 15.1 Å². The molecule has 3 heterocycles. The third kappa shape index (κ3) is 4.08. The average Bonchev–Trinajstić information content (AvgIpc) is 2.83. The smallest absolute Gasteiger partial charge is 0.246 e. The van der Waals surface area contributed by atoms with E-state index in [1.165, 1.54) is 0 Å². The van der Waals surface area contributed by atoms with Crippen LogP contribution in [-0.4, -0.2) is 64.4 Å². The molecule has 0 saturated carbocycles. The molecule has 0 unspecified atom stereocenters. The Hall–Kier alpha value is -1.76. The number of hydrogen-bond acceptors (Lipinski definition) is 5. The minimum absolute atomic E-state index is 0.0455. The molecule has 0 bridgehead atoms. The average molecular weight is 362 g/mol. The van der Waals surface area contributed by atoms with Crippen LogP contribution in [0.5, 0.6) is 0 Å². The Balaban J connectivity index is 1.61. The van der Waals surface area contributed by atoms with E-state index in [2.05, 4.69) is 21.3 Å². The van der Waals surface area contributed by atoms with Gasteiger partial charge in [-0.25, -0.2) is 0 Å². The second-order valence-electron chi connectivity index (χ2n) is 7.17. The number of anilines is 1. The van der Waals surface area contributed by atoms with Crippen LogP contribution in [0.15, 0.2) is 18.3 Å². The first-order valence-electron chi connectivity index (χ1n) is 8.78. The van der Waals surface area contributed by atoms with Crippen molar-refractivity contribution >= 4 is 29.3 Å². The molecule has 1 N–H and O–H groups in total. The van der Waals surface area contributed by atoms with E-state index in [1.807, 2.05) is 37.9 Å². The van der Waals surface area contributed by atoms with E-state index in [1.54, 1.807) is 11.8 Å². The first-order chi connectivity index (χ1) is 11.9. The van der Waals surface area contributed by atoms with Crippen molar-refractivity contribution in [3.63, 3.8) is 0 Å². The van der Waals surface area contributed by atoms with Crippen molar-refractivity contribution in [1.82, 2.24) is 15.2 Å². The molecule has 2 amide bonds. The van der Waals surface area contributed by atoms with Crippen LogP contribution in [0.25, 0.3) is 0 Å². The first kappa shape index (κ1) is 18.0. The van der Waals surface area contributed by atoms with Crippen LogP contribution in [0, 0.1) is 6.92 Å². The van der Waals surface area contributed by atoms with Crippen molar-refractivity contribution in [2.24, 2.45) is 0 Å². The van der Waals surface area contributed by atoms with Crippen molar-refractivity contribution in [3.05, 3.63) is 24.0 Å². The van der Waals surface area contributed by atoms with Gasteiger partial charge in [0.1, 0.15) is 6.04 Å². The lowest BCUT2D eigenvalue weighted by atomic mass is 10.1. The lowest BCUT2D eigenvalue weighted by Crippen LogP contribution is -2.58. The SMILES string of the molecule is Cc1cc(N2CCCN(C(=O)[C@H]3CSC(C)(C)C(=O)N3)CC2)ccn1. The van der Waals surface area contributed by atoms with Gasteiger partial charge in [-0.1, -0.05) is 0 Å². The maximum absolute atomic E-state index is 12.8. The van der Waals surface area contributed by atoms with Gasteiger partial charge in [-0.05, 0) is 39.3 Å². The van der Waals surface area contributed by atoms with Crippen LogP contribution in [0.4, 0.5) is 5.69 Å². The van der Waals surface area contributed by atoms with E-state index in [0.29, 0.717) is 12.3 Å². The van der Waals surface area contributed by atoms with E-state index in [4.69, 9.17) is 0 Å². The number of carbonyl (C=O) groups excluding carboxylic acids is 2. The fraction of sp³-hybridized carbons (Fsp3) is 0.611. The number of carbonyl (C=O) groups is 2. The summed E-state index contributed by atoms with van der Waals surface area (Å²) in [5, 5.41) is 2.90. The van der Waals surface area contributed by atoms with Crippen molar-refractivity contribution in [1.29, 1.82) is 0 Å². The molecule has 2 saturated heterocycles. The molecular weight excluding hydrogens is 336 g/mol. The summed E-state index contributed by atoms with van der Waals surface area (Å²) < 4.78 is -0.453. The molecule has 2 aliphatic heterocycles. The first-order valence-corrected chi connectivity index (χ1v) is 9.77. The van der Waals surface area contributed by atoms with Gasteiger partial charge in [-0.2, -0.15) is 0 Å². The van der Waals surface area contributed by atoms with E-state index in [0.717, 1.165) is 37.4 Å². The summed E-state index contributed by atoms with van der Waals surface area (Å²) in [6, 6.07) is 3.70. The van der Waals surface area contributed by atoms with Crippen LogP contribution in [0.2, 0.25) is 0 Å². The Labute approximate surface area is 153 Å². The normalized spacial score (nSPS) is 23.8. The quantitative estimate of drug-likeness (QED) is 0.862. The van der Waals surface area contributed by atoms with Crippen molar-refractivity contribution in [2.75, 3.05) is 36.8 Å². The number of rotatable bonds is 2. The number of aromatic nitrogens is 1. The number of thioether (sulfide) groups is 1. The lowest BCUT2D eigenvalue weighted by Gasteiger charge is -2.35. The Morgan fingerprint density at radius 2 is 2.12 bits per heavy atom. The monoisotopic (exact) mass is 362 g/mol. The minimum Gasteiger partial charge on any atom is -0.370 e. The second-order valence-corrected chi connectivity index (χ2v) is 8.81.